The summed E-state index contributed by atoms with van der Waals surface area (Å²) in [5, 5.41) is 9.00. The number of benzene rings is 1. The molecule has 1 unspecified atom stereocenters. The standard InChI is InChI=1S/C13H15NO/c1-10-4-6-12(7-5-10)8-13(3,9-14)11(2)15/h4-7H,8H2,1-3H3. The first-order valence-corrected chi connectivity index (χ1v) is 4.96. The van der Waals surface area contributed by atoms with Gasteiger partial charge in [0, 0.05) is 0 Å². The molecule has 0 aliphatic rings. The van der Waals surface area contributed by atoms with Crippen LogP contribution < -0.4 is 0 Å². The van der Waals surface area contributed by atoms with Gasteiger partial charge in [-0.1, -0.05) is 29.8 Å². The molecule has 0 saturated carbocycles. The molecule has 2 nitrogen and oxygen atoms in total. The summed E-state index contributed by atoms with van der Waals surface area (Å²) in [5.41, 5.74) is 1.31. The summed E-state index contributed by atoms with van der Waals surface area (Å²) in [6, 6.07) is 10.0. The Kier molecular flexibility index (Phi) is 3.26. The topological polar surface area (TPSA) is 40.9 Å². The van der Waals surface area contributed by atoms with Crippen molar-refractivity contribution in [3.63, 3.8) is 0 Å². The second-order valence-corrected chi connectivity index (χ2v) is 4.16. The van der Waals surface area contributed by atoms with Crippen LogP contribution in [0.4, 0.5) is 0 Å². The maximum atomic E-state index is 11.3. The second kappa shape index (κ2) is 4.27. The minimum atomic E-state index is -0.894. The minimum absolute atomic E-state index is 0.0782. The van der Waals surface area contributed by atoms with Gasteiger partial charge in [-0.3, -0.25) is 4.79 Å². The number of rotatable bonds is 3. The van der Waals surface area contributed by atoms with Crippen LogP contribution in [0.2, 0.25) is 0 Å². The van der Waals surface area contributed by atoms with Crippen LogP contribution >= 0.6 is 0 Å². The molecular formula is C13H15NO. The van der Waals surface area contributed by atoms with Gasteiger partial charge in [0.2, 0.25) is 0 Å². The summed E-state index contributed by atoms with van der Waals surface area (Å²) in [7, 11) is 0. The molecule has 0 spiro atoms. The van der Waals surface area contributed by atoms with Crippen molar-refractivity contribution < 1.29 is 4.79 Å². The van der Waals surface area contributed by atoms with E-state index in [1.54, 1.807) is 6.92 Å². The highest BCUT2D eigenvalue weighted by molar-refractivity contribution is 5.85. The van der Waals surface area contributed by atoms with Crippen molar-refractivity contribution in [1.29, 1.82) is 5.26 Å². The summed E-state index contributed by atoms with van der Waals surface area (Å²) < 4.78 is 0. The van der Waals surface area contributed by atoms with E-state index in [1.165, 1.54) is 12.5 Å². The molecule has 0 aromatic heterocycles. The van der Waals surface area contributed by atoms with E-state index in [-0.39, 0.29) is 5.78 Å². The van der Waals surface area contributed by atoms with Gasteiger partial charge in [0.15, 0.2) is 0 Å². The number of nitriles is 1. The van der Waals surface area contributed by atoms with Crippen molar-refractivity contribution in [2.75, 3.05) is 0 Å². The Balaban J connectivity index is 2.90. The SMILES string of the molecule is CC(=O)C(C)(C#N)Cc1ccc(C)cc1. The summed E-state index contributed by atoms with van der Waals surface area (Å²) in [6.07, 6.45) is 0.485. The lowest BCUT2D eigenvalue weighted by molar-refractivity contribution is -0.123. The molecule has 78 valence electrons. The third-order valence-corrected chi connectivity index (χ3v) is 2.70. The van der Waals surface area contributed by atoms with E-state index in [0.717, 1.165) is 5.56 Å². The molecule has 15 heavy (non-hydrogen) atoms. The van der Waals surface area contributed by atoms with Crippen molar-refractivity contribution in [3.8, 4) is 6.07 Å². The first kappa shape index (κ1) is 11.5. The van der Waals surface area contributed by atoms with Crippen molar-refractivity contribution in [2.45, 2.75) is 27.2 Å². The molecule has 0 N–H and O–H groups in total. The number of nitrogens with zero attached hydrogens (tertiary/aromatic N) is 1. The van der Waals surface area contributed by atoms with Crippen LogP contribution in [0, 0.1) is 23.7 Å². The van der Waals surface area contributed by atoms with Crippen LogP contribution in [0.5, 0.6) is 0 Å². The van der Waals surface area contributed by atoms with Gasteiger partial charge in [-0.2, -0.15) is 5.26 Å². The van der Waals surface area contributed by atoms with E-state index in [0.29, 0.717) is 6.42 Å². The molecular weight excluding hydrogens is 186 g/mol. The zero-order valence-corrected chi connectivity index (χ0v) is 9.37. The van der Waals surface area contributed by atoms with E-state index >= 15 is 0 Å². The molecule has 2 heteroatoms. The van der Waals surface area contributed by atoms with Gasteiger partial charge in [-0.25, -0.2) is 0 Å². The predicted octanol–water partition coefficient (Wildman–Crippen LogP) is 2.66. The smallest absolute Gasteiger partial charge is 0.150 e. The third kappa shape index (κ3) is 2.66. The largest absolute Gasteiger partial charge is 0.298 e. The number of carbonyl (C=O) groups excluding carboxylic acids is 1. The molecule has 0 amide bonds. The Morgan fingerprint density at radius 2 is 1.93 bits per heavy atom. The Bertz CT molecular complexity index is 400. The summed E-state index contributed by atoms with van der Waals surface area (Å²) in [4.78, 5) is 11.3. The van der Waals surface area contributed by atoms with Crippen molar-refractivity contribution in [2.24, 2.45) is 5.41 Å². The fraction of sp³-hybridized carbons (Fsp3) is 0.385. The summed E-state index contributed by atoms with van der Waals surface area (Å²) in [6.45, 7) is 5.17. The predicted molar refractivity (Wildman–Crippen MR) is 59.3 cm³/mol. The van der Waals surface area contributed by atoms with Crippen LogP contribution in [0.1, 0.15) is 25.0 Å². The average molecular weight is 201 g/mol. The van der Waals surface area contributed by atoms with Gasteiger partial charge in [-0.05, 0) is 32.8 Å². The first-order chi connectivity index (χ1) is 6.98. The van der Waals surface area contributed by atoms with Crippen molar-refractivity contribution in [1.82, 2.24) is 0 Å². The number of carbonyl (C=O) groups is 1. The van der Waals surface area contributed by atoms with E-state index in [1.807, 2.05) is 31.2 Å². The van der Waals surface area contributed by atoms with Crippen LogP contribution in [0.25, 0.3) is 0 Å². The van der Waals surface area contributed by atoms with Gasteiger partial charge in [0.1, 0.15) is 11.2 Å². The molecule has 0 fully saturated rings. The van der Waals surface area contributed by atoms with E-state index in [9.17, 15) is 4.79 Å². The normalized spacial score (nSPS) is 14.0. The number of ketones is 1. The van der Waals surface area contributed by atoms with E-state index < -0.39 is 5.41 Å². The molecule has 0 radical (unpaired) electrons. The Labute approximate surface area is 90.5 Å². The van der Waals surface area contributed by atoms with Crippen molar-refractivity contribution in [3.05, 3.63) is 35.4 Å². The maximum absolute atomic E-state index is 11.3. The van der Waals surface area contributed by atoms with Gasteiger partial charge < -0.3 is 0 Å². The zero-order valence-electron chi connectivity index (χ0n) is 9.37. The number of Topliss-reactive ketones (excluding diaryl/α,β-unsaturated/α-hetero) is 1. The lowest BCUT2D eigenvalue weighted by atomic mass is 9.82. The fourth-order valence-electron chi connectivity index (χ4n) is 1.36. The molecule has 0 aliphatic carbocycles. The Hall–Kier alpha value is -1.62. The highest BCUT2D eigenvalue weighted by atomic mass is 16.1. The van der Waals surface area contributed by atoms with Gasteiger partial charge in [-0.15, -0.1) is 0 Å². The zero-order chi connectivity index (χ0) is 11.5. The highest BCUT2D eigenvalue weighted by Crippen LogP contribution is 2.22. The van der Waals surface area contributed by atoms with Crippen LogP contribution in [0.15, 0.2) is 24.3 Å². The second-order valence-electron chi connectivity index (χ2n) is 4.16. The highest BCUT2D eigenvalue weighted by Gasteiger charge is 2.29. The maximum Gasteiger partial charge on any atom is 0.150 e. The van der Waals surface area contributed by atoms with E-state index in [4.69, 9.17) is 5.26 Å². The lowest BCUT2D eigenvalue weighted by Gasteiger charge is -2.17. The average Bonchev–Trinajstić information content (AvgIpc) is 2.21. The van der Waals surface area contributed by atoms with E-state index in [2.05, 4.69) is 6.07 Å². The molecule has 1 atom stereocenters. The number of hydrogen-bond donors (Lipinski definition) is 0. The first-order valence-electron chi connectivity index (χ1n) is 4.96. The lowest BCUT2D eigenvalue weighted by Crippen LogP contribution is -2.26. The van der Waals surface area contributed by atoms with Crippen LogP contribution in [-0.4, -0.2) is 5.78 Å². The minimum Gasteiger partial charge on any atom is -0.298 e. The summed E-state index contributed by atoms with van der Waals surface area (Å²) in [5.74, 6) is -0.0782. The quantitative estimate of drug-likeness (QED) is 0.754. The summed E-state index contributed by atoms with van der Waals surface area (Å²) >= 11 is 0. The third-order valence-electron chi connectivity index (χ3n) is 2.70. The van der Waals surface area contributed by atoms with Crippen LogP contribution in [-0.2, 0) is 11.2 Å². The molecule has 1 rings (SSSR count). The monoisotopic (exact) mass is 201 g/mol. The molecule has 0 aliphatic heterocycles. The fourth-order valence-corrected chi connectivity index (χ4v) is 1.36. The van der Waals surface area contributed by atoms with Gasteiger partial charge >= 0.3 is 0 Å². The molecule has 0 heterocycles. The van der Waals surface area contributed by atoms with Gasteiger partial charge in [0.25, 0.3) is 0 Å². The Morgan fingerprint density at radius 1 is 1.40 bits per heavy atom. The van der Waals surface area contributed by atoms with Crippen molar-refractivity contribution >= 4 is 5.78 Å². The molecule has 1 aromatic carbocycles. The van der Waals surface area contributed by atoms with Crippen LogP contribution in [0.3, 0.4) is 0 Å². The molecule has 0 bridgehead atoms. The van der Waals surface area contributed by atoms with Gasteiger partial charge in [0.05, 0.1) is 6.07 Å². The molecule has 1 aromatic rings. The number of hydrogen-bond acceptors (Lipinski definition) is 2. The Morgan fingerprint density at radius 3 is 2.33 bits per heavy atom. The molecule has 0 saturated heterocycles. The number of aryl methyl sites for hydroxylation is 1.